The predicted octanol–water partition coefficient (Wildman–Crippen LogP) is 3.89. The van der Waals surface area contributed by atoms with E-state index >= 15 is 0 Å². The minimum absolute atomic E-state index is 0.0321. The molecule has 0 amide bonds. The van der Waals surface area contributed by atoms with Gasteiger partial charge in [0.25, 0.3) is 0 Å². The summed E-state index contributed by atoms with van der Waals surface area (Å²) >= 11 is 0. The van der Waals surface area contributed by atoms with Crippen LogP contribution in [0.1, 0.15) is 85.5 Å². The quantitative estimate of drug-likeness (QED) is 0.613. The van der Waals surface area contributed by atoms with Crippen molar-refractivity contribution in [2.75, 3.05) is 0 Å². The Morgan fingerprint density at radius 3 is 2.12 bits per heavy atom. The summed E-state index contributed by atoms with van der Waals surface area (Å²) < 4.78 is 0. The molecule has 26 heavy (non-hydrogen) atoms. The first-order valence-electron chi connectivity index (χ1n) is 11.1. The molecule has 5 aliphatic carbocycles. The summed E-state index contributed by atoms with van der Waals surface area (Å²) in [6.45, 7) is 9.06. The summed E-state index contributed by atoms with van der Waals surface area (Å²) in [5.41, 5.74) is -1.12. The van der Waals surface area contributed by atoms with Gasteiger partial charge in [-0.05, 0) is 98.2 Å². The maximum atomic E-state index is 11.7. The zero-order valence-corrected chi connectivity index (χ0v) is 17.1. The molecule has 5 saturated carbocycles. The molecule has 5 fully saturated rings. The second-order valence-electron chi connectivity index (χ2n) is 11.8. The van der Waals surface area contributed by atoms with Gasteiger partial charge < -0.3 is 15.3 Å². The Hall–Kier alpha value is -0.120. The maximum Gasteiger partial charge on any atom is 0.0753 e. The van der Waals surface area contributed by atoms with Crippen LogP contribution in [0.15, 0.2) is 0 Å². The van der Waals surface area contributed by atoms with Crippen molar-refractivity contribution in [3.63, 3.8) is 0 Å². The van der Waals surface area contributed by atoms with Gasteiger partial charge in [-0.3, -0.25) is 0 Å². The van der Waals surface area contributed by atoms with Crippen LogP contribution in [-0.2, 0) is 0 Å². The first-order valence-corrected chi connectivity index (χ1v) is 11.1. The molecule has 5 rings (SSSR count). The normalized spacial score (nSPS) is 63.1. The molecule has 0 unspecified atom stereocenters. The standard InChI is InChI=1S/C23H38O3/c1-14-11-16-17(20(3)7-5-15(24)12-23(14,20)26)6-8-19(2)18(16)13-22(9-10-22)21(19,4)25/h14-18,24-26H,5-13H2,1-4H3/t14-,15-,16-,17+,18+,19+,20-,21+,23+/m1/s1. The first kappa shape index (κ1) is 17.9. The van der Waals surface area contributed by atoms with E-state index < -0.39 is 11.2 Å². The molecule has 3 nitrogen and oxygen atoms in total. The highest BCUT2D eigenvalue weighted by molar-refractivity contribution is 5.25. The molecular formula is C23H38O3. The Morgan fingerprint density at radius 2 is 1.46 bits per heavy atom. The molecule has 0 aliphatic heterocycles. The Kier molecular flexibility index (Phi) is 3.37. The van der Waals surface area contributed by atoms with E-state index in [2.05, 4.69) is 27.7 Å². The number of rotatable bonds is 0. The molecule has 0 saturated heterocycles. The Labute approximate surface area is 158 Å². The summed E-state index contributed by atoms with van der Waals surface area (Å²) in [6.07, 6.45) is 8.87. The summed E-state index contributed by atoms with van der Waals surface area (Å²) in [5, 5.41) is 33.6. The lowest BCUT2D eigenvalue weighted by atomic mass is 9.41. The van der Waals surface area contributed by atoms with Gasteiger partial charge in [-0.25, -0.2) is 0 Å². The lowest BCUT2D eigenvalue weighted by Gasteiger charge is -2.66. The third-order valence-corrected chi connectivity index (χ3v) is 11.2. The van der Waals surface area contributed by atoms with E-state index in [9.17, 15) is 15.3 Å². The molecule has 0 bridgehead atoms. The van der Waals surface area contributed by atoms with Gasteiger partial charge in [0.2, 0.25) is 0 Å². The van der Waals surface area contributed by atoms with E-state index in [1.807, 2.05) is 0 Å². The van der Waals surface area contributed by atoms with Crippen molar-refractivity contribution >= 4 is 0 Å². The van der Waals surface area contributed by atoms with Gasteiger partial charge >= 0.3 is 0 Å². The monoisotopic (exact) mass is 362 g/mol. The highest BCUT2D eigenvalue weighted by Gasteiger charge is 2.75. The Balaban J connectivity index is 1.55. The molecular weight excluding hydrogens is 324 g/mol. The van der Waals surface area contributed by atoms with Gasteiger partial charge in [0, 0.05) is 6.42 Å². The highest BCUT2D eigenvalue weighted by atomic mass is 16.3. The summed E-state index contributed by atoms with van der Waals surface area (Å²) in [6, 6.07) is 0. The minimum atomic E-state index is -0.724. The van der Waals surface area contributed by atoms with Gasteiger partial charge in [-0.15, -0.1) is 0 Å². The summed E-state index contributed by atoms with van der Waals surface area (Å²) in [7, 11) is 0. The lowest BCUT2D eigenvalue weighted by molar-refractivity contribution is -0.249. The zero-order chi connectivity index (χ0) is 18.8. The number of fused-ring (bicyclic) bond motifs is 5. The van der Waals surface area contributed by atoms with Crippen molar-refractivity contribution in [3.05, 3.63) is 0 Å². The average molecular weight is 363 g/mol. The fraction of sp³-hybridized carbons (Fsp3) is 1.00. The zero-order valence-electron chi connectivity index (χ0n) is 17.1. The van der Waals surface area contributed by atoms with Crippen molar-refractivity contribution < 1.29 is 15.3 Å². The van der Waals surface area contributed by atoms with Gasteiger partial charge in [0.05, 0.1) is 17.3 Å². The molecule has 0 aromatic carbocycles. The van der Waals surface area contributed by atoms with Crippen LogP contribution in [0, 0.1) is 39.9 Å². The van der Waals surface area contributed by atoms with Gasteiger partial charge in [-0.1, -0.05) is 20.8 Å². The third-order valence-electron chi connectivity index (χ3n) is 11.2. The SMILES string of the molecule is C[C@@H]1C[C@H]2[C@@H]3CC4(CC4)[C@@](C)(O)[C@@]3(C)CC[C@@H]2[C@@]2(C)CC[C@@H](O)C[C@]12O. The summed E-state index contributed by atoms with van der Waals surface area (Å²) in [4.78, 5) is 0. The minimum Gasteiger partial charge on any atom is -0.393 e. The predicted molar refractivity (Wildman–Crippen MR) is 101 cm³/mol. The molecule has 0 heterocycles. The van der Waals surface area contributed by atoms with Crippen LogP contribution in [0.2, 0.25) is 0 Å². The van der Waals surface area contributed by atoms with Crippen molar-refractivity contribution in [2.24, 2.45) is 39.9 Å². The van der Waals surface area contributed by atoms with Crippen LogP contribution in [0.5, 0.6) is 0 Å². The molecule has 3 heteroatoms. The van der Waals surface area contributed by atoms with Crippen LogP contribution in [0.3, 0.4) is 0 Å². The van der Waals surface area contributed by atoms with Crippen molar-refractivity contribution in [1.82, 2.24) is 0 Å². The van der Waals surface area contributed by atoms with E-state index in [-0.39, 0.29) is 28.3 Å². The fourth-order valence-electron chi connectivity index (χ4n) is 9.03. The van der Waals surface area contributed by atoms with E-state index in [0.717, 1.165) is 32.1 Å². The van der Waals surface area contributed by atoms with Crippen LogP contribution >= 0.6 is 0 Å². The first-order chi connectivity index (χ1) is 12.0. The fourth-order valence-corrected chi connectivity index (χ4v) is 9.03. The number of hydrogen-bond donors (Lipinski definition) is 3. The lowest BCUT2D eigenvalue weighted by Crippen LogP contribution is -2.66. The van der Waals surface area contributed by atoms with Crippen LogP contribution in [0.4, 0.5) is 0 Å². The Bertz CT molecular complexity index is 625. The molecule has 0 radical (unpaired) electrons. The number of hydrogen-bond acceptors (Lipinski definition) is 3. The van der Waals surface area contributed by atoms with Gasteiger partial charge in [-0.2, -0.15) is 0 Å². The van der Waals surface area contributed by atoms with Gasteiger partial charge in [0.1, 0.15) is 0 Å². The molecule has 0 aromatic heterocycles. The van der Waals surface area contributed by atoms with E-state index in [4.69, 9.17) is 0 Å². The number of aliphatic hydroxyl groups is 3. The Morgan fingerprint density at radius 1 is 0.808 bits per heavy atom. The van der Waals surface area contributed by atoms with Crippen LogP contribution < -0.4 is 0 Å². The van der Waals surface area contributed by atoms with Crippen molar-refractivity contribution in [1.29, 1.82) is 0 Å². The van der Waals surface area contributed by atoms with Crippen molar-refractivity contribution in [3.8, 4) is 0 Å². The molecule has 0 aromatic rings. The van der Waals surface area contributed by atoms with Crippen LogP contribution in [0.25, 0.3) is 0 Å². The van der Waals surface area contributed by atoms with E-state index in [0.29, 0.717) is 24.2 Å². The molecule has 5 aliphatic rings. The second kappa shape index (κ2) is 4.89. The highest BCUT2D eigenvalue weighted by Crippen LogP contribution is 2.78. The molecule has 148 valence electrons. The summed E-state index contributed by atoms with van der Waals surface area (Å²) in [5.74, 6) is 1.98. The van der Waals surface area contributed by atoms with Crippen molar-refractivity contribution in [2.45, 2.75) is 103 Å². The topological polar surface area (TPSA) is 60.7 Å². The second-order valence-corrected chi connectivity index (χ2v) is 11.8. The smallest absolute Gasteiger partial charge is 0.0753 e. The maximum absolute atomic E-state index is 11.7. The average Bonchev–Trinajstić information content (AvgIpc) is 3.32. The van der Waals surface area contributed by atoms with E-state index in [1.54, 1.807) is 0 Å². The van der Waals surface area contributed by atoms with E-state index in [1.165, 1.54) is 19.3 Å². The van der Waals surface area contributed by atoms with Gasteiger partial charge in [0.15, 0.2) is 0 Å². The molecule has 1 spiro atoms. The third kappa shape index (κ3) is 1.78. The molecule has 3 N–H and O–H groups in total. The van der Waals surface area contributed by atoms with Crippen LogP contribution in [-0.4, -0.2) is 32.6 Å². The largest absolute Gasteiger partial charge is 0.393 e. The number of aliphatic hydroxyl groups excluding tert-OH is 1. The molecule has 9 atom stereocenters.